The van der Waals surface area contributed by atoms with Crippen molar-refractivity contribution in [3.05, 3.63) is 0 Å². The van der Waals surface area contributed by atoms with Crippen LogP contribution in [0.1, 0.15) is 91.9 Å². The molecule has 4 saturated carbocycles. The van der Waals surface area contributed by atoms with Crippen LogP contribution in [0.4, 0.5) is 0 Å². The summed E-state index contributed by atoms with van der Waals surface area (Å²) in [5.41, 5.74) is -0.0744. The van der Waals surface area contributed by atoms with Crippen molar-refractivity contribution in [1.29, 1.82) is 0 Å². The van der Waals surface area contributed by atoms with Crippen molar-refractivity contribution < 1.29 is 119 Å². The minimum Gasteiger partial charge on any atom is -0.394 e. The zero-order valence-corrected chi connectivity index (χ0v) is 43.2. The highest BCUT2D eigenvalue weighted by atomic mass is 16.8. The van der Waals surface area contributed by atoms with E-state index in [2.05, 4.69) is 20.8 Å². The second-order valence-corrected chi connectivity index (χ2v) is 24.3. The Kier molecular flexibility index (Phi) is 18.1. The van der Waals surface area contributed by atoms with Crippen LogP contribution in [-0.2, 0) is 42.6 Å². The van der Waals surface area contributed by atoms with Crippen LogP contribution in [0, 0.1) is 52.3 Å². The van der Waals surface area contributed by atoms with Gasteiger partial charge in [-0.25, -0.2) is 0 Å². The molecular formula is C51H86O24. The van der Waals surface area contributed by atoms with Crippen LogP contribution in [-0.4, -0.2) is 250 Å². The Bertz CT molecular complexity index is 1870. The first-order valence-corrected chi connectivity index (χ1v) is 27.4. The van der Waals surface area contributed by atoms with E-state index in [0.29, 0.717) is 43.4 Å². The molecule has 24 heteroatoms. The Hall–Kier alpha value is -0.960. The molecule has 0 aromatic carbocycles. The van der Waals surface area contributed by atoms with Gasteiger partial charge in [0.1, 0.15) is 97.7 Å². The molecular weight excluding hydrogens is 997 g/mol. The summed E-state index contributed by atoms with van der Waals surface area (Å²) in [6.07, 6.45) is -24.6. The molecule has 434 valence electrons. The van der Waals surface area contributed by atoms with E-state index < -0.39 is 161 Å². The maximum Gasteiger partial charge on any atom is 0.187 e. The molecule has 9 aliphatic rings. The third-order valence-electron chi connectivity index (χ3n) is 20.1. The molecule has 0 spiro atoms. The Morgan fingerprint density at radius 3 is 1.61 bits per heavy atom. The minimum atomic E-state index is -1.91. The molecule has 0 radical (unpaired) electrons. The first kappa shape index (κ1) is 58.7. The van der Waals surface area contributed by atoms with E-state index in [4.69, 9.17) is 42.6 Å². The van der Waals surface area contributed by atoms with E-state index in [0.717, 1.165) is 38.5 Å². The topological polar surface area (TPSA) is 387 Å². The molecule has 0 aromatic heterocycles. The van der Waals surface area contributed by atoms with Gasteiger partial charge in [-0.2, -0.15) is 0 Å². The highest BCUT2D eigenvalue weighted by Gasteiger charge is 2.68. The molecule has 0 amide bonds. The van der Waals surface area contributed by atoms with Crippen molar-refractivity contribution in [3.8, 4) is 0 Å². The second kappa shape index (κ2) is 23.1. The van der Waals surface area contributed by atoms with E-state index in [1.807, 2.05) is 6.92 Å². The molecule has 75 heavy (non-hydrogen) atoms. The maximum atomic E-state index is 12.1. The van der Waals surface area contributed by atoms with E-state index >= 15 is 0 Å². The fourth-order valence-electron chi connectivity index (χ4n) is 15.7. The van der Waals surface area contributed by atoms with Crippen LogP contribution < -0.4 is 0 Å². The Balaban J connectivity index is 0.829. The van der Waals surface area contributed by atoms with Gasteiger partial charge < -0.3 is 119 Å². The van der Waals surface area contributed by atoms with Crippen LogP contribution in [0.15, 0.2) is 0 Å². The molecule has 5 saturated heterocycles. The van der Waals surface area contributed by atoms with Gasteiger partial charge in [-0.15, -0.1) is 0 Å². The Labute approximate surface area is 436 Å². The first-order chi connectivity index (χ1) is 35.5. The Morgan fingerprint density at radius 1 is 0.533 bits per heavy atom. The molecule has 0 aromatic rings. The van der Waals surface area contributed by atoms with Crippen LogP contribution in [0.25, 0.3) is 0 Å². The van der Waals surface area contributed by atoms with Crippen LogP contribution >= 0.6 is 0 Å². The summed E-state index contributed by atoms with van der Waals surface area (Å²) in [6, 6.07) is 0. The summed E-state index contributed by atoms with van der Waals surface area (Å²) in [7, 11) is 0. The van der Waals surface area contributed by atoms with Crippen molar-refractivity contribution in [1.82, 2.24) is 0 Å². The highest BCUT2D eigenvalue weighted by molar-refractivity contribution is 5.15. The molecule has 5 aliphatic heterocycles. The lowest BCUT2D eigenvalue weighted by Gasteiger charge is -2.61. The van der Waals surface area contributed by atoms with Gasteiger partial charge in [0.15, 0.2) is 30.9 Å². The van der Waals surface area contributed by atoms with Crippen LogP contribution in [0.3, 0.4) is 0 Å². The predicted molar refractivity (Wildman–Crippen MR) is 252 cm³/mol. The van der Waals surface area contributed by atoms with E-state index in [-0.39, 0.29) is 47.2 Å². The molecule has 9 rings (SSSR count). The quantitative estimate of drug-likeness (QED) is 0.0656. The van der Waals surface area contributed by atoms with Crippen molar-refractivity contribution in [2.24, 2.45) is 52.3 Å². The zero-order chi connectivity index (χ0) is 54.2. The third kappa shape index (κ3) is 10.7. The lowest BCUT2D eigenvalue weighted by atomic mass is 9.44. The maximum absolute atomic E-state index is 12.1. The fourth-order valence-corrected chi connectivity index (χ4v) is 15.7. The summed E-state index contributed by atoms with van der Waals surface area (Å²) in [6.45, 7) is 6.11. The zero-order valence-electron chi connectivity index (χ0n) is 43.2. The lowest BCUT2D eigenvalue weighted by Crippen LogP contribution is -2.67. The average molecular weight is 1080 g/mol. The molecule has 5 heterocycles. The molecule has 6 unspecified atom stereocenters. The van der Waals surface area contributed by atoms with Gasteiger partial charge in [0.05, 0.1) is 45.2 Å². The molecule has 32 atom stereocenters. The fraction of sp³-hybridized carbons (Fsp3) is 1.00. The van der Waals surface area contributed by atoms with E-state index in [1.165, 1.54) is 0 Å². The van der Waals surface area contributed by atoms with Crippen LogP contribution in [0.5, 0.6) is 0 Å². The summed E-state index contributed by atoms with van der Waals surface area (Å²) in [5, 5.41) is 159. The predicted octanol–water partition coefficient (Wildman–Crippen LogP) is -3.95. The number of fused-ring (bicyclic) bond motifs is 7. The van der Waals surface area contributed by atoms with Crippen molar-refractivity contribution in [2.45, 2.75) is 233 Å². The normalized spacial score (nSPS) is 55.4. The number of hydrogen-bond donors (Lipinski definition) is 15. The van der Waals surface area contributed by atoms with Gasteiger partial charge in [-0.1, -0.05) is 27.7 Å². The standard InChI is InChI=1S/C51H86O24/c1-20(19-67-45-39(62)36(59)33(56)28(15-52)69-45)7-12-51(66)21(2)32-27(75-51)14-26-24-6-5-22-13-23(8-10-49(22,3)25(24)9-11-50(26,32)4)68-48-42(65)44(74-47-41(64)38(61)35(58)30(17-54)71-47)43(31(18-55)72-48)73-46-40(63)37(60)34(57)29(16-53)70-46/h20-48,52-66H,5-19H2,1-4H3/t20?,21-,22+,23-,24?,25?,26?,27?,28+,29+,30+,31+,32?,33+,34+,35+,36-,37-,38-,39+,40+,41+,42+,43+,44+,45+,46-,47-,48+,49-,50-,51+/m0/s1. The molecule has 24 nitrogen and oxygen atoms in total. The van der Waals surface area contributed by atoms with Gasteiger partial charge in [-0.3, -0.25) is 0 Å². The van der Waals surface area contributed by atoms with Gasteiger partial charge in [-0.05, 0) is 104 Å². The van der Waals surface area contributed by atoms with E-state index in [1.54, 1.807) is 0 Å². The van der Waals surface area contributed by atoms with Gasteiger partial charge >= 0.3 is 0 Å². The smallest absolute Gasteiger partial charge is 0.187 e. The van der Waals surface area contributed by atoms with E-state index in [9.17, 15) is 76.6 Å². The highest BCUT2D eigenvalue weighted by Crippen LogP contribution is 2.71. The van der Waals surface area contributed by atoms with Crippen LogP contribution in [0.2, 0.25) is 0 Å². The SMILES string of the molecule is CC(CC[C@@]1(O)OC2CC3C4CC[C@@H]5C[C@@H](O[C@@H]6O[C@H](CO)[C@@H](O[C@@H]7O[C@H](CO)[C@@H](O)[C@H](O)[C@H]7O)[C@H](O[C@@H]7O[C@H](CO)[C@@H](O)[C@H](O)[C@H]7O)[C@H]6O)CC[C@]5(C)C4CC[C@]3(C)C2[C@@H]1C)CO[C@@H]1O[C@H](CO)[C@@H](O)[C@H](O)[C@H]1O. The summed E-state index contributed by atoms with van der Waals surface area (Å²) < 4.78 is 54.1. The largest absolute Gasteiger partial charge is 0.394 e. The lowest BCUT2D eigenvalue weighted by molar-refractivity contribution is -0.390. The summed E-state index contributed by atoms with van der Waals surface area (Å²) in [5.74, 6) is 0.142. The van der Waals surface area contributed by atoms with Gasteiger partial charge in [0.2, 0.25) is 0 Å². The van der Waals surface area contributed by atoms with Crippen molar-refractivity contribution in [3.63, 3.8) is 0 Å². The van der Waals surface area contributed by atoms with Gasteiger partial charge in [0, 0.05) is 12.3 Å². The number of rotatable bonds is 16. The van der Waals surface area contributed by atoms with Crippen molar-refractivity contribution >= 4 is 0 Å². The van der Waals surface area contributed by atoms with Crippen molar-refractivity contribution in [2.75, 3.05) is 33.0 Å². The monoisotopic (exact) mass is 1080 g/mol. The number of aliphatic hydroxyl groups is 15. The minimum absolute atomic E-state index is 0.0262. The average Bonchev–Trinajstić information content (AvgIpc) is 3.84. The third-order valence-corrected chi connectivity index (χ3v) is 20.1. The Morgan fingerprint density at radius 2 is 1.04 bits per heavy atom. The number of aliphatic hydroxyl groups excluding tert-OH is 14. The van der Waals surface area contributed by atoms with Gasteiger partial charge in [0.25, 0.3) is 0 Å². The second-order valence-electron chi connectivity index (χ2n) is 24.3. The summed E-state index contributed by atoms with van der Waals surface area (Å²) >= 11 is 0. The molecule has 0 bridgehead atoms. The number of ether oxygens (including phenoxy) is 9. The molecule has 9 fully saturated rings. The molecule has 15 N–H and O–H groups in total. The molecule has 4 aliphatic carbocycles. The summed E-state index contributed by atoms with van der Waals surface area (Å²) in [4.78, 5) is 0. The number of hydrogen-bond acceptors (Lipinski definition) is 24. The first-order valence-electron chi connectivity index (χ1n) is 27.4.